The van der Waals surface area contributed by atoms with Gasteiger partial charge >= 0.3 is 0 Å². The van der Waals surface area contributed by atoms with Crippen LogP contribution in [0.25, 0.3) is 0 Å². The van der Waals surface area contributed by atoms with Gasteiger partial charge in [-0.2, -0.15) is 9.57 Å². The Morgan fingerprint density at radius 3 is 2.50 bits per heavy atom. The van der Waals surface area contributed by atoms with E-state index >= 15 is 0 Å². The van der Waals surface area contributed by atoms with E-state index in [-0.39, 0.29) is 10.5 Å². The highest BCUT2D eigenvalue weighted by Gasteiger charge is 2.26. The maximum Gasteiger partial charge on any atom is 0.243 e. The maximum absolute atomic E-state index is 13.6. The number of anilines is 1. The quantitative estimate of drug-likeness (QED) is 0.867. The molecule has 1 aliphatic rings. The molecule has 0 unspecified atom stereocenters. The minimum Gasteiger partial charge on any atom is -0.380 e. The van der Waals surface area contributed by atoms with Crippen LogP contribution in [0.1, 0.15) is 11.1 Å². The smallest absolute Gasteiger partial charge is 0.243 e. The summed E-state index contributed by atoms with van der Waals surface area (Å²) in [6.45, 7) is 1.84. The highest BCUT2D eigenvalue weighted by Crippen LogP contribution is 2.20. The number of ether oxygens (including phenoxy) is 1. The summed E-state index contributed by atoms with van der Waals surface area (Å²) >= 11 is 0. The Morgan fingerprint density at radius 2 is 1.85 bits per heavy atom. The molecule has 1 heterocycles. The van der Waals surface area contributed by atoms with Crippen LogP contribution in [0.2, 0.25) is 0 Å². The average Bonchev–Trinajstić information content (AvgIpc) is 2.67. The van der Waals surface area contributed by atoms with E-state index in [2.05, 4.69) is 5.32 Å². The summed E-state index contributed by atoms with van der Waals surface area (Å²) in [5, 5.41) is 12.0. The highest BCUT2D eigenvalue weighted by atomic mass is 32.2. The van der Waals surface area contributed by atoms with Gasteiger partial charge in [-0.05, 0) is 29.8 Å². The third-order valence-corrected chi connectivity index (χ3v) is 6.05. The van der Waals surface area contributed by atoms with Gasteiger partial charge in [-0.25, -0.2) is 12.8 Å². The second-order valence-electron chi connectivity index (χ2n) is 5.79. The molecule has 1 saturated heterocycles. The number of nitrogens with zero attached hydrogens (tertiary/aromatic N) is 2. The van der Waals surface area contributed by atoms with Gasteiger partial charge in [0.1, 0.15) is 17.4 Å². The molecule has 0 aliphatic carbocycles. The molecule has 0 aromatic heterocycles. The van der Waals surface area contributed by atoms with Crippen molar-refractivity contribution < 1.29 is 17.5 Å². The highest BCUT2D eigenvalue weighted by molar-refractivity contribution is 7.89. The van der Waals surface area contributed by atoms with Crippen LogP contribution in [0.4, 0.5) is 10.1 Å². The van der Waals surface area contributed by atoms with Crippen LogP contribution in [0.15, 0.2) is 47.4 Å². The van der Waals surface area contributed by atoms with Gasteiger partial charge in [-0.15, -0.1) is 0 Å². The fourth-order valence-electron chi connectivity index (χ4n) is 2.70. The summed E-state index contributed by atoms with van der Waals surface area (Å²) in [4.78, 5) is 0.228. The van der Waals surface area contributed by atoms with Crippen LogP contribution >= 0.6 is 0 Å². The molecule has 0 radical (unpaired) electrons. The minimum atomic E-state index is -3.52. The first-order chi connectivity index (χ1) is 12.5. The second kappa shape index (κ2) is 7.83. The number of nitrogens with one attached hydrogen (secondary N) is 1. The number of hydrogen-bond donors (Lipinski definition) is 1. The summed E-state index contributed by atoms with van der Waals surface area (Å²) in [6, 6.07) is 12.7. The summed E-state index contributed by atoms with van der Waals surface area (Å²) in [6.07, 6.45) is 0. The van der Waals surface area contributed by atoms with Crippen molar-refractivity contribution in [3.05, 3.63) is 59.4 Å². The van der Waals surface area contributed by atoms with Gasteiger partial charge in [0.15, 0.2) is 0 Å². The first-order valence-electron chi connectivity index (χ1n) is 8.11. The van der Waals surface area contributed by atoms with E-state index in [4.69, 9.17) is 10.00 Å². The Kier molecular flexibility index (Phi) is 5.52. The minimum absolute atomic E-state index is 0.0426. The molecular formula is C18H18FN3O3S. The number of halogens is 1. The lowest BCUT2D eigenvalue weighted by Gasteiger charge is -2.26. The number of rotatable bonds is 5. The molecule has 1 N–H and O–H groups in total. The third kappa shape index (κ3) is 3.85. The third-order valence-electron chi connectivity index (χ3n) is 4.14. The lowest BCUT2D eigenvalue weighted by atomic mass is 10.1. The number of hydrogen-bond acceptors (Lipinski definition) is 5. The van der Waals surface area contributed by atoms with Crippen LogP contribution in [-0.2, 0) is 21.3 Å². The van der Waals surface area contributed by atoms with Crippen molar-refractivity contribution >= 4 is 15.7 Å². The van der Waals surface area contributed by atoms with E-state index in [0.29, 0.717) is 38.5 Å². The topological polar surface area (TPSA) is 82.4 Å². The molecule has 6 nitrogen and oxygen atoms in total. The van der Waals surface area contributed by atoms with Gasteiger partial charge in [0.25, 0.3) is 0 Å². The Labute approximate surface area is 151 Å². The van der Waals surface area contributed by atoms with E-state index in [0.717, 1.165) is 5.56 Å². The van der Waals surface area contributed by atoms with Gasteiger partial charge in [0.05, 0.1) is 23.8 Å². The molecule has 2 aromatic carbocycles. The SMILES string of the molecule is N#Cc1c(F)cccc1NCc1ccc(S(=O)(=O)N2CCOCC2)cc1. The van der Waals surface area contributed by atoms with Gasteiger partial charge in [-0.1, -0.05) is 18.2 Å². The van der Waals surface area contributed by atoms with E-state index in [1.165, 1.54) is 16.4 Å². The first-order valence-corrected chi connectivity index (χ1v) is 9.55. The first kappa shape index (κ1) is 18.3. The van der Waals surface area contributed by atoms with Gasteiger partial charge < -0.3 is 10.1 Å². The number of morpholine rings is 1. The second-order valence-corrected chi connectivity index (χ2v) is 7.73. The number of nitriles is 1. The van der Waals surface area contributed by atoms with Crippen molar-refractivity contribution in [3.8, 4) is 6.07 Å². The Bertz CT molecular complexity index is 918. The zero-order valence-electron chi connectivity index (χ0n) is 14.0. The van der Waals surface area contributed by atoms with Crippen LogP contribution in [0, 0.1) is 17.1 Å². The van der Waals surface area contributed by atoms with Crippen molar-refractivity contribution in [3.63, 3.8) is 0 Å². The predicted molar refractivity (Wildman–Crippen MR) is 94.5 cm³/mol. The average molecular weight is 375 g/mol. The van der Waals surface area contributed by atoms with Gasteiger partial charge in [0, 0.05) is 19.6 Å². The molecule has 0 spiro atoms. The van der Waals surface area contributed by atoms with Gasteiger partial charge in [0.2, 0.25) is 10.0 Å². The molecule has 8 heteroatoms. The molecule has 136 valence electrons. The van der Waals surface area contributed by atoms with E-state index in [9.17, 15) is 12.8 Å². The Balaban J connectivity index is 1.71. The van der Waals surface area contributed by atoms with Crippen LogP contribution in [0.5, 0.6) is 0 Å². The molecule has 0 saturated carbocycles. The largest absolute Gasteiger partial charge is 0.380 e. The summed E-state index contributed by atoms with van der Waals surface area (Å²) in [7, 11) is -3.52. The standard InChI is InChI=1S/C18H18FN3O3S/c19-17-2-1-3-18(16(17)12-20)21-13-14-4-6-15(7-5-14)26(23,24)22-8-10-25-11-9-22/h1-7,21H,8-11,13H2. The fourth-order valence-corrected chi connectivity index (χ4v) is 4.11. The summed E-state index contributed by atoms with van der Waals surface area (Å²) in [5.41, 5.74) is 1.18. The monoisotopic (exact) mass is 375 g/mol. The lowest BCUT2D eigenvalue weighted by molar-refractivity contribution is 0.0730. The molecule has 2 aromatic rings. The molecule has 26 heavy (non-hydrogen) atoms. The zero-order chi connectivity index (χ0) is 18.6. The summed E-state index contributed by atoms with van der Waals surface area (Å²) < 4.78 is 45.3. The predicted octanol–water partition coefficient (Wildman–Crippen LogP) is 2.33. The van der Waals surface area contributed by atoms with Crippen molar-refractivity contribution in [1.82, 2.24) is 4.31 Å². The normalized spacial score (nSPS) is 15.4. The summed E-state index contributed by atoms with van der Waals surface area (Å²) in [5.74, 6) is -0.579. The molecule has 0 bridgehead atoms. The van der Waals surface area contributed by atoms with E-state index < -0.39 is 15.8 Å². The molecular weight excluding hydrogens is 357 g/mol. The molecule has 3 rings (SSSR count). The van der Waals surface area contributed by atoms with E-state index in [1.807, 2.05) is 6.07 Å². The van der Waals surface area contributed by atoms with Crippen molar-refractivity contribution in [2.45, 2.75) is 11.4 Å². The zero-order valence-corrected chi connectivity index (χ0v) is 14.8. The lowest BCUT2D eigenvalue weighted by Crippen LogP contribution is -2.40. The van der Waals surface area contributed by atoms with Crippen molar-refractivity contribution in [2.75, 3.05) is 31.6 Å². The van der Waals surface area contributed by atoms with Crippen LogP contribution in [-0.4, -0.2) is 39.0 Å². The molecule has 0 amide bonds. The van der Waals surface area contributed by atoms with Crippen LogP contribution in [0.3, 0.4) is 0 Å². The number of benzene rings is 2. The van der Waals surface area contributed by atoms with Crippen molar-refractivity contribution in [2.24, 2.45) is 0 Å². The van der Waals surface area contributed by atoms with E-state index in [1.54, 1.807) is 30.3 Å². The van der Waals surface area contributed by atoms with Crippen molar-refractivity contribution in [1.29, 1.82) is 5.26 Å². The maximum atomic E-state index is 13.6. The molecule has 1 fully saturated rings. The molecule has 0 atom stereocenters. The Morgan fingerprint density at radius 1 is 1.15 bits per heavy atom. The Hall–Kier alpha value is -2.47. The van der Waals surface area contributed by atoms with Gasteiger partial charge in [-0.3, -0.25) is 0 Å². The fraction of sp³-hybridized carbons (Fsp3) is 0.278. The van der Waals surface area contributed by atoms with Crippen LogP contribution < -0.4 is 5.32 Å². The molecule has 1 aliphatic heterocycles. The number of sulfonamides is 1.